The molecule has 1 amide bonds. The second kappa shape index (κ2) is 6.41. The molecule has 3 rings (SSSR count). The summed E-state index contributed by atoms with van der Waals surface area (Å²) in [6.45, 7) is 0.972. The van der Waals surface area contributed by atoms with Crippen molar-refractivity contribution in [3.63, 3.8) is 0 Å². The molecule has 1 atom stereocenters. The second-order valence-electron chi connectivity index (χ2n) is 5.30. The number of carbonyl (C=O) groups is 1. The fraction of sp³-hybridized carbons (Fsp3) is 0.467. The monoisotopic (exact) mass is 305 g/mol. The van der Waals surface area contributed by atoms with Gasteiger partial charge in [0.25, 0.3) is 5.91 Å². The summed E-state index contributed by atoms with van der Waals surface area (Å²) >= 11 is 1.62. The van der Waals surface area contributed by atoms with Crippen LogP contribution in [-0.4, -0.2) is 45.3 Å². The van der Waals surface area contributed by atoms with Gasteiger partial charge in [0.1, 0.15) is 0 Å². The first kappa shape index (κ1) is 14.3. The van der Waals surface area contributed by atoms with Gasteiger partial charge in [0, 0.05) is 19.2 Å². The van der Waals surface area contributed by atoms with Crippen LogP contribution in [0.25, 0.3) is 10.6 Å². The molecule has 1 saturated heterocycles. The molecule has 1 unspecified atom stereocenters. The predicted octanol–water partition coefficient (Wildman–Crippen LogP) is 2.52. The van der Waals surface area contributed by atoms with E-state index in [-0.39, 0.29) is 18.6 Å². The Kier molecular flexibility index (Phi) is 4.36. The third-order valence-electron chi connectivity index (χ3n) is 3.92. The molecule has 21 heavy (non-hydrogen) atoms. The van der Waals surface area contributed by atoms with Crippen molar-refractivity contribution < 1.29 is 9.90 Å². The Morgan fingerprint density at radius 2 is 2.48 bits per heavy atom. The number of nitrogens with one attached hydrogen (secondary N) is 1. The highest BCUT2D eigenvalue weighted by Crippen LogP contribution is 2.26. The minimum absolute atomic E-state index is 0.00510. The maximum absolute atomic E-state index is 12.6. The van der Waals surface area contributed by atoms with Gasteiger partial charge in [0.05, 0.1) is 10.6 Å². The molecule has 0 aromatic carbocycles. The molecular formula is C15H19N3O2S. The van der Waals surface area contributed by atoms with Gasteiger partial charge in [-0.05, 0) is 43.2 Å². The summed E-state index contributed by atoms with van der Waals surface area (Å²) in [5, 5.41) is 18.1. The highest BCUT2D eigenvalue weighted by molar-refractivity contribution is 7.13. The first-order valence-corrected chi connectivity index (χ1v) is 8.18. The Balaban J connectivity index is 1.73. The van der Waals surface area contributed by atoms with E-state index in [1.165, 1.54) is 0 Å². The molecule has 2 aromatic rings. The molecule has 1 aliphatic rings. The minimum atomic E-state index is -0.00510. The van der Waals surface area contributed by atoms with Gasteiger partial charge in [-0.25, -0.2) is 0 Å². The molecule has 1 fully saturated rings. The van der Waals surface area contributed by atoms with Crippen molar-refractivity contribution >= 4 is 17.2 Å². The summed E-state index contributed by atoms with van der Waals surface area (Å²) in [5.41, 5.74) is 1.37. The van der Waals surface area contributed by atoms with Gasteiger partial charge in [0.15, 0.2) is 5.69 Å². The Morgan fingerprint density at radius 1 is 1.57 bits per heavy atom. The zero-order valence-corrected chi connectivity index (χ0v) is 12.6. The van der Waals surface area contributed by atoms with E-state index in [1.54, 1.807) is 11.3 Å². The Hall–Kier alpha value is -1.66. The van der Waals surface area contributed by atoms with Crippen molar-refractivity contribution in [1.82, 2.24) is 15.1 Å². The SMILES string of the molecule is O=C(c1cc(-c2cccs2)[nH]n1)N1CCCC1CCCO. The third kappa shape index (κ3) is 3.01. The Morgan fingerprint density at radius 3 is 3.24 bits per heavy atom. The molecule has 6 heteroatoms. The van der Waals surface area contributed by atoms with Gasteiger partial charge in [-0.2, -0.15) is 5.10 Å². The van der Waals surface area contributed by atoms with Gasteiger partial charge in [0.2, 0.25) is 0 Å². The Bertz CT molecular complexity index is 594. The molecule has 1 aliphatic heterocycles. The van der Waals surface area contributed by atoms with E-state index in [1.807, 2.05) is 28.5 Å². The van der Waals surface area contributed by atoms with Crippen LogP contribution in [0.5, 0.6) is 0 Å². The lowest BCUT2D eigenvalue weighted by molar-refractivity contribution is 0.0718. The molecule has 0 spiro atoms. The molecule has 0 bridgehead atoms. The maximum Gasteiger partial charge on any atom is 0.274 e. The number of carbonyl (C=O) groups excluding carboxylic acids is 1. The van der Waals surface area contributed by atoms with E-state index in [4.69, 9.17) is 5.11 Å². The first-order chi connectivity index (χ1) is 10.3. The summed E-state index contributed by atoms with van der Waals surface area (Å²) in [5.74, 6) is -0.00510. The summed E-state index contributed by atoms with van der Waals surface area (Å²) in [7, 11) is 0. The van der Waals surface area contributed by atoms with Crippen molar-refractivity contribution in [2.24, 2.45) is 0 Å². The molecule has 112 valence electrons. The number of hydrogen-bond donors (Lipinski definition) is 2. The van der Waals surface area contributed by atoms with Crippen LogP contribution in [-0.2, 0) is 0 Å². The number of nitrogens with zero attached hydrogens (tertiary/aromatic N) is 2. The topological polar surface area (TPSA) is 69.2 Å². The van der Waals surface area contributed by atoms with Gasteiger partial charge in [-0.1, -0.05) is 6.07 Å². The summed E-state index contributed by atoms with van der Waals surface area (Å²) in [6.07, 6.45) is 3.66. The number of amides is 1. The molecule has 0 saturated carbocycles. The van der Waals surface area contributed by atoms with Gasteiger partial charge < -0.3 is 10.0 Å². The molecular weight excluding hydrogens is 286 g/mol. The highest BCUT2D eigenvalue weighted by Gasteiger charge is 2.30. The molecule has 0 aliphatic carbocycles. The van der Waals surface area contributed by atoms with E-state index in [0.29, 0.717) is 5.69 Å². The van der Waals surface area contributed by atoms with Crippen LogP contribution in [0.2, 0.25) is 0 Å². The zero-order valence-electron chi connectivity index (χ0n) is 11.8. The van der Waals surface area contributed by atoms with Crippen molar-refractivity contribution in [3.8, 4) is 10.6 Å². The number of likely N-dealkylation sites (tertiary alicyclic amines) is 1. The number of aromatic nitrogens is 2. The number of hydrogen-bond acceptors (Lipinski definition) is 4. The summed E-state index contributed by atoms with van der Waals surface area (Å²) in [6, 6.07) is 6.06. The van der Waals surface area contributed by atoms with Crippen LogP contribution >= 0.6 is 11.3 Å². The van der Waals surface area contributed by atoms with Gasteiger partial charge in [-0.3, -0.25) is 9.89 Å². The summed E-state index contributed by atoms with van der Waals surface area (Å²) < 4.78 is 0. The zero-order chi connectivity index (χ0) is 14.7. The standard InChI is InChI=1S/C15H19N3O2S/c19-8-2-5-11-4-1-7-18(11)15(20)13-10-12(16-17-13)14-6-3-9-21-14/h3,6,9-11,19H,1-2,4-5,7-8H2,(H,16,17). The number of rotatable bonds is 5. The summed E-state index contributed by atoms with van der Waals surface area (Å²) in [4.78, 5) is 15.6. The van der Waals surface area contributed by atoms with Crippen molar-refractivity contribution in [2.45, 2.75) is 31.7 Å². The fourth-order valence-electron chi connectivity index (χ4n) is 2.87. The van der Waals surface area contributed by atoms with Gasteiger partial charge >= 0.3 is 0 Å². The fourth-order valence-corrected chi connectivity index (χ4v) is 3.56. The lowest BCUT2D eigenvalue weighted by Crippen LogP contribution is -2.35. The third-order valence-corrected chi connectivity index (χ3v) is 4.82. The number of thiophene rings is 1. The molecule has 2 aromatic heterocycles. The quantitative estimate of drug-likeness (QED) is 0.892. The lowest BCUT2D eigenvalue weighted by Gasteiger charge is -2.23. The van der Waals surface area contributed by atoms with E-state index in [0.717, 1.165) is 42.8 Å². The average Bonchev–Trinajstić information content (AvgIpc) is 3.24. The molecule has 3 heterocycles. The minimum Gasteiger partial charge on any atom is -0.396 e. The molecule has 0 radical (unpaired) electrons. The normalized spacial score (nSPS) is 18.3. The molecule has 2 N–H and O–H groups in total. The highest BCUT2D eigenvalue weighted by atomic mass is 32.1. The van der Waals surface area contributed by atoms with Crippen molar-refractivity contribution in [3.05, 3.63) is 29.3 Å². The van der Waals surface area contributed by atoms with Crippen LogP contribution in [0.1, 0.15) is 36.2 Å². The van der Waals surface area contributed by atoms with E-state index in [2.05, 4.69) is 10.2 Å². The van der Waals surface area contributed by atoms with Crippen LogP contribution < -0.4 is 0 Å². The Labute approximate surface area is 127 Å². The van der Waals surface area contributed by atoms with Crippen LogP contribution in [0, 0.1) is 0 Å². The van der Waals surface area contributed by atoms with Gasteiger partial charge in [-0.15, -0.1) is 11.3 Å². The predicted molar refractivity (Wildman–Crippen MR) is 82.3 cm³/mol. The van der Waals surface area contributed by atoms with E-state index >= 15 is 0 Å². The number of H-pyrrole nitrogens is 1. The average molecular weight is 305 g/mol. The number of aliphatic hydroxyl groups is 1. The van der Waals surface area contributed by atoms with Crippen LogP contribution in [0.3, 0.4) is 0 Å². The first-order valence-electron chi connectivity index (χ1n) is 7.30. The molecule has 5 nitrogen and oxygen atoms in total. The van der Waals surface area contributed by atoms with E-state index in [9.17, 15) is 4.79 Å². The van der Waals surface area contributed by atoms with Crippen LogP contribution in [0.4, 0.5) is 0 Å². The van der Waals surface area contributed by atoms with Crippen molar-refractivity contribution in [1.29, 1.82) is 0 Å². The lowest BCUT2D eigenvalue weighted by atomic mass is 10.1. The number of aliphatic hydroxyl groups excluding tert-OH is 1. The van der Waals surface area contributed by atoms with E-state index < -0.39 is 0 Å². The number of aromatic amines is 1. The van der Waals surface area contributed by atoms with Crippen LogP contribution in [0.15, 0.2) is 23.6 Å². The smallest absolute Gasteiger partial charge is 0.274 e. The maximum atomic E-state index is 12.6. The second-order valence-corrected chi connectivity index (χ2v) is 6.25. The van der Waals surface area contributed by atoms with Crippen molar-refractivity contribution in [2.75, 3.05) is 13.2 Å². The largest absolute Gasteiger partial charge is 0.396 e.